The molecule has 3 aromatic carbocycles. The van der Waals surface area contributed by atoms with Gasteiger partial charge >= 0.3 is 0 Å². The van der Waals surface area contributed by atoms with Gasteiger partial charge in [-0.3, -0.25) is 14.5 Å². The van der Waals surface area contributed by atoms with E-state index in [2.05, 4.69) is 0 Å². The van der Waals surface area contributed by atoms with E-state index in [1.165, 1.54) is 16.7 Å². The maximum absolute atomic E-state index is 12.6. The number of Topliss-reactive ketones (excluding diaryl/α,β-unsaturated/α-hetero) is 1. The van der Waals surface area contributed by atoms with Crippen LogP contribution in [0.2, 0.25) is 0 Å². The molecule has 0 saturated heterocycles. The van der Waals surface area contributed by atoms with Crippen LogP contribution >= 0.6 is 11.8 Å². The molecule has 0 aliphatic carbocycles. The third-order valence-electron chi connectivity index (χ3n) is 4.70. The van der Waals surface area contributed by atoms with Gasteiger partial charge in [-0.2, -0.15) is 0 Å². The molecule has 4 nitrogen and oxygen atoms in total. The average Bonchev–Trinajstić information content (AvgIpc) is 2.84. The summed E-state index contributed by atoms with van der Waals surface area (Å²) in [6, 6.07) is 29.0. The van der Waals surface area contributed by atoms with E-state index in [4.69, 9.17) is 4.99 Å². The maximum Gasteiger partial charge on any atom is 0.215 e. The molecule has 0 bridgehead atoms. The van der Waals surface area contributed by atoms with Gasteiger partial charge in [-0.05, 0) is 18.1 Å². The van der Waals surface area contributed by atoms with Crippen molar-refractivity contribution in [3.05, 3.63) is 108 Å². The second-order valence-electron chi connectivity index (χ2n) is 6.89. The number of benzene rings is 3. The first kappa shape index (κ1) is 22.2. The summed E-state index contributed by atoms with van der Waals surface area (Å²) in [5.74, 6) is 0.177. The Bertz CT molecular complexity index is 1080. The van der Waals surface area contributed by atoms with Gasteiger partial charge in [0.1, 0.15) is 0 Å². The number of thioether (sulfide) groups is 1. The summed E-state index contributed by atoms with van der Waals surface area (Å²) in [7, 11) is 1.65. The molecule has 0 unspecified atom stereocenters. The van der Waals surface area contributed by atoms with Crippen molar-refractivity contribution in [1.82, 2.24) is 4.90 Å². The van der Waals surface area contributed by atoms with Gasteiger partial charge in [-0.25, -0.2) is 4.99 Å². The van der Waals surface area contributed by atoms with Gasteiger partial charge in [0.25, 0.3) is 0 Å². The van der Waals surface area contributed by atoms with Crippen molar-refractivity contribution in [3.8, 4) is 0 Å². The van der Waals surface area contributed by atoms with Crippen molar-refractivity contribution in [1.29, 1.82) is 0 Å². The lowest BCUT2D eigenvalue weighted by atomic mass is 10.0. The molecule has 0 aliphatic rings. The van der Waals surface area contributed by atoms with Crippen LogP contribution in [0, 0.1) is 0 Å². The molecule has 31 heavy (non-hydrogen) atoms. The zero-order chi connectivity index (χ0) is 22.1. The molecule has 0 spiro atoms. The highest BCUT2D eigenvalue weighted by Crippen LogP contribution is 2.28. The zero-order valence-electron chi connectivity index (χ0n) is 17.6. The number of amides is 1. The number of rotatable bonds is 7. The van der Waals surface area contributed by atoms with E-state index in [0.29, 0.717) is 17.1 Å². The number of ketones is 1. The van der Waals surface area contributed by atoms with Crippen LogP contribution in [0.1, 0.15) is 28.4 Å². The van der Waals surface area contributed by atoms with Gasteiger partial charge in [0.2, 0.25) is 6.41 Å². The van der Waals surface area contributed by atoms with E-state index in [0.717, 1.165) is 22.4 Å². The molecule has 3 rings (SSSR count). The molecule has 0 atom stereocenters. The number of carbonyl (C=O) groups is 2. The Hall–Kier alpha value is -3.44. The molecule has 156 valence electrons. The second kappa shape index (κ2) is 11.1. The van der Waals surface area contributed by atoms with Crippen molar-refractivity contribution >= 4 is 40.4 Å². The van der Waals surface area contributed by atoms with Gasteiger partial charge in [0.15, 0.2) is 11.0 Å². The van der Waals surface area contributed by atoms with Crippen LogP contribution in [0.3, 0.4) is 0 Å². The molecule has 3 aromatic rings. The fraction of sp³-hybridized carbons (Fsp3) is 0.115. The third kappa shape index (κ3) is 6.03. The summed E-state index contributed by atoms with van der Waals surface area (Å²) in [5.41, 5.74) is 4.37. The second-order valence-corrected chi connectivity index (χ2v) is 7.84. The lowest BCUT2D eigenvalue weighted by molar-refractivity contribution is -0.113. The molecule has 0 aliphatic heterocycles. The summed E-state index contributed by atoms with van der Waals surface area (Å²) in [4.78, 5) is 30.4. The third-order valence-corrected chi connectivity index (χ3v) is 5.75. The highest BCUT2D eigenvalue weighted by atomic mass is 32.2. The van der Waals surface area contributed by atoms with Crippen LogP contribution in [0.15, 0.2) is 96.0 Å². The Morgan fingerprint density at radius 3 is 1.84 bits per heavy atom. The molecule has 0 heterocycles. The highest BCUT2D eigenvalue weighted by Gasteiger charge is 2.15. The van der Waals surface area contributed by atoms with Gasteiger partial charge in [-0.1, -0.05) is 103 Å². The van der Waals surface area contributed by atoms with Gasteiger partial charge in [0.05, 0.1) is 11.4 Å². The summed E-state index contributed by atoms with van der Waals surface area (Å²) in [5, 5.41) is 0.466. The number of amidine groups is 1. The van der Waals surface area contributed by atoms with Crippen LogP contribution in [-0.4, -0.2) is 35.1 Å². The van der Waals surface area contributed by atoms with Gasteiger partial charge in [0, 0.05) is 18.2 Å². The van der Waals surface area contributed by atoms with Crippen molar-refractivity contribution in [2.45, 2.75) is 6.92 Å². The molecule has 0 saturated carbocycles. The number of aliphatic imine (C=N–C) groups is 1. The fourth-order valence-corrected chi connectivity index (χ4v) is 3.81. The Balaban J connectivity index is 1.99. The minimum absolute atomic E-state index is 0.0115. The molecule has 0 radical (unpaired) electrons. The SMILES string of the molecule is C/C(=C(\N=C(SCC(=O)c1ccccc1)N(C)C=O)c1ccccc1)c1ccccc1. The minimum Gasteiger partial charge on any atom is -0.297 e. The first-order chi connectivity index (χ1) is 15.1. The topological polar surface area (TPSA) is 49.7 Å². The van der Waals surface area contributed by atoms with Crippen LogP contribution in [-0.2, 0) is 4.79 Å². The molecule has 0 fully saturated rings. The molecular formula is C26H24N2O2S. The number of nitrogens with zero attached hydrogens (tertiary/aromatic N) is 2. The lowest BCUT2D eigenvalue weighted by Gasteiger charge is -2.16. The number of carbonyl (C=O) groups excluding carboxylic acids is 2. The quantitative estimate of drug-likeness (QED) is 0.161. The Labute approximate surface area is 187 Å². The standard InChI is InChI=1S/C26H24N2O2S/c1-20(21-12-6-3-7-13-21)25(23-16-10-5-11-17-23)27-26(28(2)19-29)31-18-24(30)22-14-8-4-9-15-22/h3-17,19H,18H2,1-2H3/b25-20+,27-26?. The first-order valence-electron chi connectivity index (χ1n) is 9.89. The zero-order valence-corrected chi connectivity index (χ0v) is 18.4. The number of allylic oxidation sites excluding steroid dienone is 1. The Morgan fingerprint density at radius 2 is 1.32 bits per heavy atom. The van der Waals surface area contributed by atoms with Gasteiger partial charge in [-0.15, -0.1) is 0 Å². The molecule has 0 aromatic heterocycles. The summed E-state index contributed by atoms with van der Waals surface area (Å²) in [6.07, 6.45) is 0.708. The fourth-order valence-electron chi connectivity index (χ4n) is 2.98. The average molecular weight is 429 g/mol. The van der Waals surface area contributed by atoms with E-state index in [1.807, 2.05) is 85.8 Å². The normalized spacial score (nSPS) is 12.1. The Kier molecular flexibility index (Phi) is 7.96. The summed E-state index contributed by atoms with van der Waals surface area (Å²) in [6.45, 7) is 2.01. The Morgan fingerprint density at radius 1 is 0.839 bits per heavy atom. The predicted molar refractivity (Wildman–Crippen MR) is 130 cm³/mol. The number of hydrogen-bond donors (Lipinski definition) is 0. The molecular weight excluding hydrogens is 404 g/mol. The van der Waals surface area contributed by atoms with Crippen LogP contribution in [0.25, 0.3) is 11.3 Å². The van der Waals surface area contributed by atoms with E-state index in [1.54, 1.807) is 19.2 Å². The predicted octanol–water partition coefficient (Wildman–Crippen LogP) is 5.64. The maximum atomic E-state index is 12.6. The van der Waals surface area contributed by atoms with E-state index in [9.17, 15) is 9.59 Å². The highest BCUT2D eigenvalue weighted by molar-refractivity contribution is 8.14. The van der Waals surface area contributed by atoms with Crippen molar-refractivity contribution < 1.29 is 9.59 Å². The van der Waals surface area contributed by atoms with Crippen LogP contribution in [0.4, 0.5) is 0 Å². The van der Waals surface area contributed by atoms with Crippen molar-refractivity contribution in [2.24, 2.45) is 4.99 Å². The van der Waals surface area contributed by atoms with Crippen LogP contribution < -0.4 is 0 Å². The number of hydrogen-bond acceptors (Lipinski definition) is 4. The van der Waals surface area contributed by atoms with Crippen molar-refractivity contribution in [3.63, 3.8) is 0 Å². The summed E-state index contributed by atoms with van der Waals surface area (Å²) >= 11 is 1.25. The first-order valence-corrected chi connectivity index (χ1v) is 10.9. The largest absolute Gasteiger partial charge is 0.297 e. The molecule has 1 amide bonds. The lowest BCUT2D eigenvalue weighted by Crippen LogP contribution is -2.23. The van der Waals surface area contributed by atoms with E-state index in [-0.39, 0.29) is 11.5 Å². The monoisotopic (exact) mass is 428 g/mol. The van der Waals surface area contributed by atoms with Crippen LogP contribution in [0.5, 0.6) is 0 Å². The molecule has 5 heteroatoms. The summed E-state index contributed by atoms with van der Waals surface area (Å²) < 4.78 is 0. The minimum atomic E-state index is -0.0115. The van der Waals surface area contributed by atoms with Gasteiger partial charge < -0.3 is 0 Å². The van der Waals surface area contributed by atoms with Crippen molar-refractivity contribution in [2.75, 3.05) is 12.8 Å². The van der Waals surface area contributed by atoms with E-state index < -0.39 is 0 Å². The van der Waals surface area contributed by atoms with E-state index >= 15 is 0 Å². The molecule has 0 N–H and O–H groups in total. The smallest absolute Gasteiger partial charge is 0.215 e.